The number of esters is 1. The van der Waals surface area contributed by atoms with E-state index < -0.39 is 5.97 Å². The fourth-order valence-electron chi connectivity index (χ4n) is 2.59. The van der Waals surface area contributed by atoms with Gasteiger partial charge in [0, 0.05) is 29.7 Å². The first-order valence-electron chi connectivity index (χ1n) is 8.01. The number of ketones is 1. The number of thioether (sulfide) groups is 1. The molecule has 0 aromatic carbocycles. The van der Waals surface area contributed by atoms with Gasteiger partial charge in [0.2, 0.25) is 0 Å². The molecular weight excluding hydrogens is 340 g/mol. The Bertz CT molecular complexity index is 801. The Morgan fingerprint density at radius 3 is 2.56 bits per heavy atom. The lowest BCUT2D eigenvalue weighted by atomic mass is 10.2. The number of aryl methyl sites for hydroxylation is 1. The van der Waals surface area contributed by atoms with E-state index in [4.69, 9.17) is 10.5 Å². The lowest BCUT2D eigenvalue weighted by Gasteiger charge is -2.06. The Balaban J connectivity index is 2.07. The van der Waals surface area contributed by atoms with Crippen LogP contribution in [0.25, 0.3) is 0 Å². The molecule has 0 spiro atoms. The molecule has 25 heavy (non-hydrogen) atoms. The van der Waals surface area contributed by atoms with Gasteiger partial charge in [-0.15, -0.1) is 0 Å². The van der Waals surface area contributed by atoms with E-state index >= 15 is 0 Å². The molecule has 2 aromatic rings. The zero-order chi connectivity index (χ0) is 18.6. The van der Waals surface area contributed by atoms with E-state index in [1.165, 1.54) is 18.0 Å². The van der Waals surface area contributed by atoms with Crippen LogP contribution in [0.4, 0.5) is 5.82 Å². The van der Waals surface area contributed by atoms with Crippen LogP contribution in [0.1, 0.15) is 46.0 Å². The van der Waals surface area contributed by atoms with E-state index in [9.17, 15) is 9.59 Å². The number of nitrogen functional groups attached to an aromatic ring is 1. The first-order valence-corrected chi connectivity index (χ1v) is 8.99. The third kappa shape index (κ3) is 4.19. The van der Waals surface area contributed by atoms with Crippen molar-refractivity contribution in [2.45, 2.75) is 39.4 Å². The number of rotatable bonds is 7. The largest absolute Gasteiger partial charge is 0.462 e. The summed E-state index contributed by atoms with van der Waals surface area (Å²) < 4.78 is 6.98. The molecule has 0 atom stereocenters. The second kappa shape index (κ2) is 8.15. The van der Waals surface area contributed by atoms with Crippen LogP contribution >= 0.6 is 11.8 Å². The molecule has 2 N–H and O–H groups in total. The molecular formula is C17H22N4O3S. The minimum absolute atomic E-state index is 0.00874. The minimum Gasteiger partial charge on any atom is -0.462 e. The number of carbonyl (C=O) groups excluding carboxylic acids is 2. The van der Waals surface area contributed by atoms with Crippen molar-refractivity contribution in [2.75, 3.05) is 18.1 Å². The van der Waals surface area contributed by atoms with Crippen LogP contribution in [0.15, 0.2) is 17.4 Å². The number of carbonyl (C=O) groups is 2. The predicted molar refractivity (Wildman–Crippen MR) is 97.0 cm³/mol. The van der Waals surface area contributed by atoms with Crippen molar-refractivity contribution in [3.63, 3.8) is 0 Å². The highest BCUT2D eigenvalue weighted by Crippen LogP contribution is 2.21. The first-order chi connectivity index (χ1) is 11.9. The molecule has 0 aliphatic rings. The Labute approximate surface area is 151 Å². The van der Waals surface area contributed by atoms with E-state index in [0.29, 0.717) is 10.7 Å². The summed E-state index contributed by atoms with van der Waals surface area (Å²) in [7, 11) is 0. The molecule has 0 bridgehead atoms. The molecule has 2 heterocycles. The van der Waals surface area contributed by atoms with Gasteiger partial charge < -0.3 is 15.0 Å². The molecule has 0 saturated heterocycles. The van der Waals surface area contributed by atoms with Crippen LogP contribution in [0.2, 0.25) is 0 Å². The number of hydrogen-bond donors (Lipinski definition) is 1. The summed E-state index contributed by atoms with van der Waals surface area (Å²) in [4.78, 5) is 32.3. The average molecular weight is 362 g/mol. The Hall–Kier alpha value is -2.35. The van der Waals surface area contributed by atoms with Crippen molar-refractivity contribution in [1.82, 2.24) is 14.5 Å². The van der Waals surface area contributed by atoms with Crippen LogP contribution < -0.4 is 5.73 Å². The van der Waals surface area contributed by atoms with Crippen molar-refractivity contribution in [3.05, 3.63) is 34.8 Å². The predicted octanol–water partition coefficient (Wildman–Crippen LogP) is 2.65. The molecule has 7 nitrogen and oxygen atoms in total. The second-order valence-electron chi connectivity index (χ2n) is 5.41. The Morgan fingerprint density at radius 1 is 1.28 bits per heavy atom. The highest BCUT2D eigenvalue weighted by atomic mass is 32.2. The molecule has 0 fully saturated rings. The van der Waals surface area contributed by atoms with Crippen LogP contribution in [-0.2, 0) is 11.3 Å². The van der Waals surface area contributed by atoms with Gasteiger partial charge in [0.15, 0.2) is 10.9 Å². The van der Waals surface area contributed by atoms with Crippen molar-refractivity contribution in [2.24, 2.45) is 0 Å². The average Bonchev–Trinajstić information content (AvgIpc) is 2.86. The molecule has 8 heteroatoms. The Morgan fingerprint density at radius 2 is 2.00 bits per heavy atom. The summed E-state index contributed by atoms with van der Waals surface area (Å²) in [6.07, 6.45) is 1.33. The standard InChI is InChI=1S/C17H22N4O3S/c1-5-21-10(3)7-12(11(21)4)14(22)9-25-17-19-8-13(15(18)20-17)16(23)24-6-2/h7-8H,5-6,9H2,1-4H3,(H2,18,19,20). The zero-order valence-electron chi connectivity index (χ0n) is 14.8. The van der Waals surface area contributed by atoms with E-state index in [1.54, 1.807) is 6.92 Å². The molecule has 0 unspecified atom stereocenters. The molecule has 0 aliphatic carbocycles. The van der Waals surface area contributed by atoms with Crippen LogP contribution in [-0.4, -0.2) is 38.6 Å². The van der Waals surface area contributed by atoms with Gasteiger partial charge in [-0.2, -0.15) is 0 Å². The minimum atomic E-state index is -0.556. The van der Waals surface area contributed by atoms with Gasteiger partial charge in [0.05, 0.1) is 12.4 Å². The highest BCUT2D eigenvalue weighted by molar-refractivity contribution is 7.99. The van der Waals surface area contributed by atoms with E-state index in [-0.39, 0.29) is 29.5 Å². The number of Topliss-reactive ketones (excluding diaryl/α,β-unsaturated/α-hetero) is 1. The van der Waals surface area contributed by atoms with Gasteiger partial charge in [-0.3, -0.25) is 4.79 Å². The molecule has 2 rings (SSSR count). The van der Waals surface area contributed by atoms with E-state index in [0.717, 1.165) is 17.9 Å². The molecule has 134 valence electrons. The van der Waals surface area contributed by atoms with Crippen molar-refractivity contribution in [1.29, 1.82) is 0 Å². The Kier molecular flexibility index (Phi) is 6.19. The summed E-state index contributed by atoms with van der Waals surface area (Å²) in [5.41, 5.74) is 8.65. The van der Waals surface area contributed by atoms with Crippen LogP contribution in [0, 0.1) is 13.8 Å². The van der Waals surface area contributed by atoms with Crippen molar-refractivity contribution >= 4 is 29.3 Å². The summed E-state index contributed by atoms with van der Waals surface area (Å²) in [6.45, 7) is 8.76. The molecule has 0 aliphatic heterocycles. The third-order valence-electron chi connectivity index (χ3n) is 3.81. The SMILES string of the molecule is CCOC(=O)c1cnc(SCC(=O)c2cc(C)n(CC)c2C)nc1N. The van der Waals surface area contributed by atoms with Crippen molar-refractivity contribution in [3.8, 4) is 0 Å². The zero-order valence-corrected chi connectivity index (χ0v) is 15.6. The maximum Gasteiger partial charge on any atom is 0.343 e. The molecule has 0 radical (unpaired) electrons. The van der Waals surface area contributed by atoms with Crippen LogP contribution in [0.3, 0.4) is 0 Å². The molecule has 2 aromatic heterocycles. The summed E-state index contributed by atoms with van der Waals surface area (Å²) in [5, 5.41) is 0.350. The van der Waals surface area contributed by atoms with Gasteiger partial charge >= 0.3 is 5.97 Å². The molecule has 0 saturated carbocycles. The number of nitrogens with two attached hydrogens (primary N) is 1. The summed E-state index contributed by atoms with van der Waals surface area (Å²) >= 11 is 1.19. The van der Waals surface area contributed by atoms with Gasteiger partial charge in [0.25, 0.3) is 0 Å². The number of nitrogens with zero attached hydrogens (tertiary/aromatic N) is 3. The fourth-order valence-corrected chi connectivity index (χ4v) is 3.30. The van der Waals surface area contributed by atoms with Crippen LogP contribution in [0.5, 0.6) is 0 Å². The topological polar surface area (TPSA) is 100 Å². The number of hydrogen-bond acceptors (Lipinski definition) is 7. The van der Waals surface area contributed by atoms with E-state index in [2.05, 4.69) is 14.5 Å². The monoisotopic (exact) mass is 362 g/mol. The fraction of sp³-hybridized carbons (Fsp3) is 0.412. The van der Waals surface area contributed by atoms with E-state index in [1.807, 2.05) is 26.8 Å². The lowest BCUT2D eigenvalue weighted by Crippen LogP contribution is -2.11. The second-order valence-corrected chi connectivity index (χ2v) is 6.36. The maximum absolute atomic E-state index is 12.5. The van der Waals surface area contributed by atoms with Crippen molar-refractivity contribution < 1.29 is 14.3 Å². The summed E-state index contributed by atoms with van der Waals surface area (Å²) in [5.74, 6) is -0.298. The number of aromatic nitrogens is 3. The van der Waals surface area contributed by atoms with Gasteiger partial charge in [-0.25, -0.2) is 14.8 Å². The van der Waals surface area contributed by atoms with Gasteiger partial charge in [-0.05, 0) is 33.8 Å². The number of anilines is 1. The maximum atomic E-state index is 12.5. The smallest absolute Gasteiger partial charge is 0.343 e. The number of ether oxygens (including phenoxy) is 1. The lowest BCUT2D eigenvalue weighted by molar-refractivity contribution is 0.0526. The normalized spacial score (nSPS) is 10.7. The molecule has 0 amide bonds. The highest BCUT2D eigenvalue weighted by Gasteiger charge is 2.17. The summed E-state index contributed by atoms with van der Waals surface area (Å²) in [6, 6.07) is 1.90. The quantitative estimate of drug-likeness (QED) is 0.350. The first kappa shape index (κ1) is 19.0. The van der Waals surface area contributed by atoms with Gasteiger partial charge in [-0.1, -0.05) is 11.8 Å². The third-order valence-corrected chi connectivity index (χ3v) is 4.68. The van der Waals surface area contributed by atoms with Gasteiger partial charge in [0.1, 0.15) is 11.4 Å².